The molecule has 2 aromatic heterocycles. The number of aromatic nitrogens is 2. The molecule has 0 atom stereocenters. The molecule has 6 nitrogen and oxygen atoms in total. The molecule has 7 heteroatoms. The molecule has 128 valence electrons. The van der Waals surface area contributed by atoms with Gasteiger partial charge in [0.1, 0.15) is 11.3 Å². The van der Waals surface area contributed by atoms with Crippen LogP contribution in [-0.2, 0) is 9.53 Å². The van der Waals surface area contributed by atoms with Gasteiger partial charge in [0.25, 0.3) is 5.91 Å². The summed E-state index contributed by atoms with van der Waals surface area (Å²) in [7, 11) is 1.31. The van der Waals surface area contributed by atoms with Gasteiger partial charge >= 0.3 is 5.97 Å². The minimum atomic E-state index is -0.372. The lowest BCUT2D eigenvalue weighted by molar-refractivity contribution is -0.140. The molecule has 1 N–H and O–H groups in total. The van der Waals surface area contributed by atoms with E-state index in [1.165, 1.54) is 7.11 Å². The SMILES string of the molecule is COC(=O)CCNC(=O)c1cn2cc(-c3ccc(Cl)cc3)ccc2n1. The largest absolute Gasteiger partial charge is 0.469 e. The van der Waals surface area contributed by atoms with Crippen LogP contribution in [0.15, 0.2) is 48.8 Å². The summed E-state index contributed by atoms with van der Waals surface area (Å²) < 4.78 is 6.32. The summed E-state index contributed by atoms with van der Waals surface area (Å²) in [6.45, 7) is 0.204. The highest BCUT2D eigenvalue weighted by molar-refractivity contribution is 6.30. The van der Waals surface area contributed by atoms with Crippen molar-refractivity contribution < 1.29 is 14.3 Å². The molecule has 0 spiro atoms. The highest BCUT2D eigenvalue weighted by Gasteiger charge is 2.11. The van der Waals surface area contributed by atoms with Crippen molar-refractivity contribution in [3.05, 3.63) is 59.5 Å². The van der Waals surface area contributed by atoms with Gasteiger partial charge in [-0.05, 0) is 35.4 Å². The molecular formula is C18H16ClN3O3. The summed E-state index contributed by atoms with van der Waals surface area (Å²) in [5, 5.41) is 3.33. The summed E-state index contributed by atoms with van der Waals surface area (Å²) in [6.07, 6.45) is 3.68. The number of methoxy groups -OCH3 is 1. The number of hydrogen-bond donors (Lipinski definition) is 1. The smallest absolute Gasteiger partial charge is 0.307 e. The van der Waals surface area contributed by atoms with E-state index in [4.69, 9.17) is 11.6 Å². The number of ether oxygens (including phenoxy) is 1. The van der Waals surface area contributed by atoms with E-state index in [9.17, 15) is 9.59 Å². The van der Waals surface area contributed by atoms with Gasteiger partial charge in [-0.1, -0.05) is 23.7 Å². The quantitative estimate of drug-likeness (QED) is 0.712. The molecule has 0 bridgehead atoms. The van der Waals surface area contributed by atoms with Crippen molar-refractivity contribution in [1.29, 1.82) is 0 Å². The van der Waals surface area contributed by atoms with Crippen LogP contribution in [0.1, 0.15) is 16.9 Å². The second-order valence-corrected chi connectivity index (χ2v) is 5.83. The zero-order valence-corrected chi connectivity index (χ0v) is 14.3. The zero-order valence-electron chi connectivity index (χ0n) is 13.5. The monoisotopic (exact) mass is 357 g/mol. The second kappa shape index (κ2) is 7.36. The first kappa shape index (κ1) is 17.0. The fraction of sp³-hybridized carbons (Fsp3) is 0.167. The standard InChI is InChI=1S/C18H16ClN3O3/c1-25-17(23)8-9-20-18(24)15-11-22-10-13(4-7-16(22)21-15)12-2-5-14(19)6-3-12/h2-7,10-11H,8-9H2,1H3,(H,20,24). The van der Waals surface area contributed by atoms with Gasteiger partial charge in [-0.3, -0.25) is 9.59 Å². The van der Waals surface area contributed by atoms with E-state index < -0.39 is 0 Å². The molecule has 0 saturated heterocycles. The first-order valence-electron chi connectivity index (χ1n) is 7.66. The van der Waals surface area contributed by atoms with E-state index in [0.717, 1.165) is 11.1 Å². The number of carbonyl (C=O) groups is 2. The number of pyridine rings is 1. The van der Waals surface area contributed by atoms with Crippen LogP contribution in [-0.4, -0.2) is 34.9 Å². The molecule has 1 amide bonds. The number of imidazole rings is 1. The van der Waals surface area contributed by atoms with Crippen LogP contribution >= 0.6 is 11.6 Å². The maximum Gasteiger partial charge on any atom is 0.307 e. The number of nitrogens with zero attached hydrogens (tertiary/aromatic N) is 2. The Morgan fingerprint density at radius 3 is 2.56 bits per heavy atom. The highest BCUT2D eigenvalue weighted by atomic mass is 35.5. The normalized spacial score (nSPS) is 10.6. The Morgan fingerprint density at radius 1 is 1.12 bits per heavy atom. The number of benzene rings is 1. The van der Waals surface area contributed by atoms with Crippen LogP contribution in [0.2, 0.25) is 5.02 Å². The minimum Gasteiger partial charge on any atom is -0.469 e. The van der Waals surface area contributed by atoms with Crippen LogP contribution in [0.3, 0.4) is 0 Å². The molecule has 0 aliphatic rings. The fourth-order valence-corrected chi connectivity index (χ4v) is 2.51. The van der Waals surface area contributed by atoms with Crippen molar-refractivity contribution >= 4 is 29.1 Å². The second-order valence-electron chi connectivity index (χ2n) is 5.40. The summed E-state index contributed by atoms with van der Waals surface area (Å²) in [5.41, 5.74) is 2.96. The van der Waals surface area contributed by atoms with E-state index in [2.05, 4.69) is 15.0 Å². The molecule has 3 aromatic rings. The van der Waals surface area contributed by atoms with Gasteiger partial charge < -0.3 is 14.5 Å². The number of nitrogens with one attached hydrogen (secondary N) is 1. The third-order valence-electron chi connectivity index (χ3n) is 3.70. The predicted molar refractivity (Wildman–Crippen MR) is 94.6 cm³/mol. The van der Waals surface area contributed by atoms with E-state index in [1.807, 2.05) is 42.6 Å². The van der Waals surface area contributed by atoms with Crippen LogP contribution in [0.5, 0.6) is 0 Å². The molecule has 2 heterocycles. The summed E-state index contributed by atoms with van der Waals surface area (Å²) in [4.78, 5) is 27.5. The van der Waals surface area contributed by atoms with Crippen LogP contribution < -0.4 is 5.32 Å². The molecule has 0 unspecified atom stereocenters. The first-order chi connectivity index (χ1) is 12.1. The molecular weight excluding hydrogens is 342 g/mol. The van der Waals surface area contributed by atoms with Gasteiger partial charge in [0.2, 0.25) is 0 Å². The highest BCUT2D eigenvalue weighted by Crippen LogP contribution is 2.22. The number of amides is 1. The van der Waals surface area contributed by atoms with Crippen molar-refractivity contribution in [3.63, 3.8) is 0 Å². The Morgan fingerprint density at radius 2 is 1.84 bits per heavy atom. The molecule has 25 heavy (non-hydrogen) atoms. The average Bonchev–Trinajstić information content (AvgIpc) is 3.05. The Kier molecular flexibility index (Phi) is 5.00. The lowest BCUT2D eigenvalue weighted by Gasteiger charge is -2.02. The fourth-order valence-electron chi connectivity index (χ4n) is 2.39. The van der Waals surface area contributed by atoms with Gasteiger partial charge in [-0.15, -0.1) is 0 Å². The van der Waals surface area contributed by atoms with E-state index in [-0.39, 0.29) is 30.5 Å². The summed E-state index contributed by atoms with van der Waals surface area (Å²) in [6, 6.07) is 11.3. The van der Waals surface area contributed by atoms with Crippen molar-refractivity contribution in [1.82, 2.24) is 14.7 Å². The Hall–Kier alpha value is -2.86. The van der Waals surface area contributed by atoms with Gasteiger partial charge in [0.05, 0.1) is 13.5 Å². The first-order valence-corrected chi connectivity index (χ1v) is 8.04. The maximum absolute atomic E-state index is 12.1. The Balaban J connectivity index is 1.77. The molecule has 0 aliphatic carbocycles. The van der Waals surface area contributed by atoms with Crippen LogP contribution in [0, 0.1) is 0 Å². The number of hydrogen-bond acceptors (Lipinski definition) is 4. The Labute approximate surface area is 149 Å². The van der Waals surface area contributed by atoms with Crippen molar-refractivity contribution in [3.8, 4) is 11.1 Å². The number of esters is 1. The molecule has 0 aliphatic heterocycles. The number of carbonyl (C=O) groups excluding carboxylic acids is 2. The number of fused-ring (bicyclic) bond motifs is 1. The Bertz CT molecular complexity index is 919. The molecule has 0 radical (unpaired) electrons. The van der Waals surface area contributed by atoms with Crippen molar-refractivity contribution in [2.75, 3.05) is 13.7 Å². The van der Waals surface area contributed by atoms with Crippen molar-refractivity contribution in [2.24, 2.45) is 0 Å². The molecule has 0 fully saturated rings. The molecule has 0 saturated carbocycles. The average molecular weight is 358 g/mol. The summed E-state index contributed by atoms with van der Waals surface area (Å²) in [5.74, 6) is -0.705. The van der Waals surface area contributed by atoms with E-state index in [1.54, 1.807) is 10.6 Å². The van der Waals surface area contributed by atoms with Gasteiger partial charge in [-0.2, -0.15) is 0 Å². The minimum absolute atomic E-state index is 0.121. The van der Waals surface area contributed by atoms with Crippen LogP contribution in [0.4, 0.5) is 0 Å². The maximum atomic E-state index is 12.1. The zero-order chi connectivity index (χ0) is 17.8. The van der Waals surface area contributed by atoms with Gasteiger partial charge in [0, 0.05) is 24.0 Å². The third kappa shape index (κ3) is 3.97. The lowest BCUT2D eigenvalue weighted by Crippen LogP contribution is -2.26. The van der Waals surface area contributed by atoms with Gasteiger partial charge in [-0.25, -0.2) is 4.98 Å². The third-order valence-corrected chi connectivity index (χ3v) is 3.96. The molecule has 1 aromatic carbocycles. The van der Waals surface area contributed by atoms with Gasteiger partial charge in [0.15, 0.2) is 0 Å². The predicted octanol–water partition coefficient (Wildman–Crippen LogP) is 2.95. The van der Waals surface area contributed by atoms with E-state index in [0.29, 0.717) is 10.7 Å². The molecule has 3 rings (SSSR count). The number of halogens is 1. The topological polar surface area (TPSA) is 72.7 Å². The van der Waals surface area contributed by atoms with Crippen molar-refractivity contribution in [2.45, 2.75) is 6.42 Å². The lowest BCUT2D eigenvalue weighted by atomic mass is 10.1. The van der Waals surface area contributed by atoms with E-state index >= 15 is 0 Å². The summed E-state index contributed by atoms with van der Waals surface area (Å²) >= 11 is 5.91. The number of rotatable bonds is 5. The van der Waals surface area contributed by atoms with Crippen LogP contribution in [0.25, 0.3) is 16.8 Å².